The van der Waals surface area contributed by atoms with Crippen molar-refractivity contribution in [2.75, 3.05) is 0 Å². The van der Waals surface area contributed by atoms with Gasteiger partial charge in [-0.05, 0) is 18.1 Å². The van der Waals surface area contributed by atoms with E-state index >= 15 is 0 Å². The fraction of sp³-hybridized carbons (Fsp3) is 0.154. The Morgan fingerprint density at radius 1 is 1.27 bits per heavy atom. The third-order valence-electron chi connectivity index (χ3n) is 3.15. The number of ketones is 1. The molecule has 74 valence electrons. The molecule has 1 aromatic carbocycles. The molecule has 15 heavy (non-hydrogen) atoms. The summed E-state index contributed by atoms with van der Waals surface area (Å²) in [5, 5.41) is 0. The van der Waals surface area contributed by atoms with Gasteiger partial charge in [-0.3, -0.25) is 4.79 Å². The summed E-state index contributed by atoms with van der Waals surface area (Å²) < 4.78 is 0. The molecule has 2 nitrogen and oxygen atoms in total. The SMILES string of the molecule is NC1=C2C(=O)c3ccccc3C2CC=C1. The van der Waals surface area contributed by atoms with Crippen molar-refractivity contribution >= 4 is 5.78 Å². The van der Waals surface area contributed by atoms with Gasteiger partial charge in [0.1, 0.15) is 0 Å². The fourth-order valence-corrected chi connectivity index (χ4v) is 2.46. The molecule has 0 amide bonds. The van der Waals surface area contributed by atoms with Crippen LogP contribution in [0.4, 0.5) is 0 Å². The number of Topliss-reactive ketones (excluding diaryl/α,β-unsaturated/α-hetero) is 1. The highest BCUT2D eigenvalue weighted by Gasteiger charge is 2.36. The maximum Gasteiger partial charge on any atom is 0.191 e. The van der Waals surface area contributed by atoms with Crippen LogP contribution in [0.3, 0.4) is 0 Å². The van der Waals surface area contributed by atoms with Gasteiger partial charge < -0.3 is 5.73 Å². The van der Waals surface area contributed by atoms with E-state index in [4.69, 9.17) is 5.73 Å². The van der Waals surface area contributed by atoms with Gasteiger partial charge in [-0.2, -0.15) is 0 Å². The molecule has 0 bridgehead atoms. The van der Waals surface area contributed by atoms with Crippen LogP contribution in [0, 0.1) is 0 Å². The van der Waals surface area contributed by atoms with E-state index in [1.54, 1.807) is 0 Å². The first-order chi connectivity index (χ1) is 7.29. The number of benzene rings is 1. The molecule has 0 aromatic heterocycles. The van der Waals surface area contributed by atoms with E-state index in [2.05, 4.69) is 0 Å². The molecule has 1 atom stereocenters. The zero-order valence-electron chi connectivity index (χ0n) is 8.23. The van der Waals surface area contributed by atoms with Crippen LogP contribution in [-0.2, 0) is 0 Å². The Kier molecular flexibility index (Phi) is 1.60. The van der Waals surface area contributed by atoms with Crippen molar-refractivity contribution in [2.45, 2.75) is 12.3 Å². The predicted octanol–water partition coefficient (Wildman–Crippen LogP) is 2.14. The number of allylic oxidation sites excluding steroid dienone is 3. The lowest BCUT2D eigenvalue weighted by Gasteiger charge is -2.15. The van der Waals surface area contributed by atoms with Crippen LogP contribution in [0.2, 0.25) is 0 Å². The Labute approximate surface area is 88.1 Å². The summed E-state index contributed by atoms with van der Waals surface area (Å²) in [6.45, 7) is 0. The lowest BCUT2D eigenvalue weighted by molar-refractivity contribution is 0.103. The van der Waals surface area contributed by atoms with Crippen molar-refractivity contribution in [1.82, 2.24) is 0 Å². The molecule has 0 fully saturated rings. The van der Waals surface area contributed by atoms with Crippen molar-refractivity contribution in [2.24, 2.45) is 5.73 Å². The molecule has 0 radical (unpaired) electrons. The van der Waals surface area contributed by atoms with Crippen molar-refractivity contribution in [3.8, 4) is 0 Å². The maximum atomic E-state index is 12.1. The number of hydrogen-bond donors (Lipinski definition) is 1. The highest BCUT2D eigenvalue weighted by Crippen LogP contribution is 2.42. The Balaban J connectivity index is 2.27. The van der Waals surface area contributed by atoms with Gasteiger partial charge in [-0.1, -0.05) is 30.3 Å². The van der Waals surface area contributed by atoms with E-state index in [9.17, 15) is 4.79 Å². The minimum atomic E-state index is 0.109. The molecular formula is C13H11NO. The molecule has 2 heteroatoms. The molecule has 3 rings (SSSR count). The van der Waals surface area contributed by atoms with Crippen LogP contribution >= 0.6 is 0 Å². The van der Waals surface area contributed by atoms with Gasteiger partial charge >= 0.3 is 0 Å². The topological polar surface area (TPSA) is 43.1 Å². The second kappa shape index (κ2) is 2.83. The normalized spacial score (nSPS) is 22.9. The lowest BCUT2D eigenvalue weighted by Crippen LogP contribution is -2.11. The first-order valence-electron chi connectivity index (χ1n) is 5.09. The molecule has 1 aromatic rings. The molecule has 0 saturated heterocycles. The lowest BCUT2D eigenvalue weighted by atomic mass is 9.89. The molecule has 0 saturated carbocycles. The summed E-state index contributed by atoms with van der Waals surface area (Å²) in [5.41, 5.74) is 9.24. The Bertz CT molecular complexity index is 511. The van der Waals surface area contributed by atoms with Gasteiger partial charge in [-0.15, -0.1) is 0 Å². The summed E-state index contributed by atoms with van der Waals surface area (Å²) in [4.78, 5) is 12.1. The fourth-order valence-electron chi connectivity index (χ4n) is 2.46. The average molecular weight is 197 g/mol. The van der Waals surface area contributed by atoms with Crippen molar-refractivity contribution in [3.63, 3.8) is 0 Å². The highest BCUT2D eigenvalue weighted by atomic mass is 16.1. The van der Waals surface area contributed by atoms with Crippen LogP contribution in [-0.4, -0.2) is 5.78 Å². The van der Waals surface area contributed by atoms with Gasteiger partial charge in [0.2, 0.25) is 0 Å². The van der Waals surface area contributed by atoms with E-state index in [0.717, 1.165) is 23.1 Å². The molecule has 2 aliphatic carbocycles. The van der Waals surface area contributed by atoms with Crippen molar-refractivity contribution < 1.29 is 4.79 Å². The van der Waals surface area contributed by atoms with E-state index in [0.29, 0.717) is 5.70 Å². The quantitative estimate of drug-likeness (QED) is 0.692. The smallest absolute Gasteiger partial charge is 0.191 e. The van der Waals surface area contributed by atoms with Crippen LogP contribution < -0.4 is 5.73 Å². The maximum absolute atomic E-state index is 12.1. The van der Waals surface area contributed by atoms with Crippen LogP contribution in [0.5, 0.6) is 0 Å². The number of fused-ring (bicyclic) bond motifs is 3. The molecule has 0 spiro atoms. The van der Waals surface area contributed by atoms with E-state index in [1.807, 2.05) is 36.4 Å². The Morgan fingerprint density at radius 2 is 2.07 bits per heavy atom. The van der Waals surface area contributed by atoms with Gasteiger partial charge in [0.25, 0.3) is 0 Å². The monoisotopic (exact) mass is 197 g/mol. The molecular weight excluding hydrogens is 186 g/mol. The van der Waals surface area contributed by atoms with Gasteiger partial charge in [0, 0.05) is 22.8 Å². The average Bonchev–Trinajstić information content (AvgIpc) is 2.55. The summed E-state index contributed by atoms with van der Waals surface area (Å²) in [6.07, 6.45) is 4.77. The standard InChI is InChI=1S/C13H11NO/c14-11-7-3-6-9-8-4-1-2-5-10(8)13(15)12(9)11/h1-5,7,9H,6,14H2. The van der Waals surface area contributed by atoms with Crippen molar-refractivity contribution in [1.29, 1.82) is 0 Å². The van der Waals surface area contributed by atoms with Gasteiger partial charge in [0.15, 0.2) is 5.78 Å². The summed E-state index contributed by atoms with van der Waals surface area (Å²) in [5.74, 6) is 0.302. The second-order valence-corrected chi connectivity index (χ2v) is 3.98. The highest BCUT2D eigenvalue weighted by molar-refractivity contribution is 6.15. The Hall–Kier alpha value is -1.83. The first-order valence-corrected chi connectivity index (χ1v) is 5.09. The minimum absolute atomic E-state index is 0.109. The molecule has 2 N–H and O–H groups in total. The number of carbonyl (C=O) groups is 1. The molecule has 0 aliphatic heterocycles. The number of carbonyl (C=O) groups excluding carboxylic acids is 1. The number of nitrogens with two attached hydrogens (primary N) is 1. The number of rotatable bonds is 0. The minimum Gasteiger partial charge on any atom is -0.398 e. The molecule has 0 heterocycles. The van der Waals surface area contributed by atoms with E-state index in [1.165, 1.54) is 0 Å². The molecule has 1 unspecified atom stereocenters. The molecule has 2 aliphatic rings. The van der Waals surface area contributed by atoms with E-state index < -0.39 is 0 Å². The third kappa shape index (κ3) is 1.02. The first kappa shape index (κ1) is 8.48. The Morgan fingerprint density at radius 3 is 2.93 bits per heavy atom. The largest absolute Gasteiger partial charge is 0.398 e. The van der Waals surface area contributed by atoms with Gasteiger partial charge in [0.05, 0.1) is 0 Å². The zero-order chi connectivity index (χ0) is 10.4. The van der Waals surface area contributed by atoms with Gasteiger partial charge in [-0.25, -0.2) is 0 Å². The van der Waals surface area contributed by atoms with Crippen LogP contribution in [0.25, 0.3) is 0 Å². The van der Waals surface area contributed by atoms with Crippen LogP contribution in [0.15, 0.2) is 47.7 Å². The second-order valence-electron chi connectivity index (χ2n) is 3.98. The zero-order valence-corrected chi connectivity index (χ0v) is 8.23. The van der Waals surface area contributed by atoms with E-state index in [-0.39, 0.29) is 11.7 Å². The summed E-state index contributed by atoms with van der Waals surface area (Å²) >= 11 is 0. The summed E-state index contributed by atoms with van der Waals surface area (Å²) in [6, 6.07) is 7.79. The van der Waals surface area contributed by atoms with Crippen LogP contribution in [0.1, 0.15) is 28.3 Å². The van der Waals surface area contributed by atoms with Crippen molar-refractivity contribution in [3.05, 3.63) is 58.8 Å². The number of hydrogen-bond acceptors (Lipinski definition) is 2. The third-order valence-corrected chi connectivity index (χ3v) is 3.15. The predicted molar refractivity (Wildman–Crippen MR) is 58.5 cm³/mol. The summed E-state index contributed by atoms with van der Waals surface area (Å²) in [7, 11) is 0.